The second-order valence-electron chi connectivity index (χ2n) is 5.93. The van der Waals surface area contributed by atoms with E-state index in [1.165, 1.54) is 0 Å². The molecule has 24 heavy (non-hydrogen) atoms. The van der Waals surface area contributed by atoms with Crippen LogP contribution in [-0.2, 0) is 20.7 Å². The van der Waals surface area contributed by atoms with Crippen molar-refractivity contribution in [3.63, 3.8) is 0 Å². The molecule has 2 rings (SSSR count). The van der Waals surface area contributed by atoms with E-state index in [9.17, 15) is 9.59 Å². The van der Waals surface area contributed by atoms with Gasteiger partial charge in [0.25, 0.3) is 5.91 Å². The Morgan fingerprint density at radius 2 is 1.79 bits per heavy atom. The van der Waals surface area contributed by atoms with Gasteiger partial charge in [-0.1, -0.05) is 42.5 Å². The number of nitrogens with one attached hydrogen (secondary N) is 1. The fraction of sp³-hybridized carbons (Fsp3) is 0.300. The fourth-order valence-electron chi connectivity index (χ4n) is 2.31. The molecular weight excluding hydrogens is 302 g/mol. The van der Waals surface area contributed by atoms with Gasteiger partial charge in [0.1, 0.15) is 0 Å². The molecule has 0 radical (unpaired) electrons. The summed E-state index contributed by atoms with van der Waals surface area (Å²) in [5.74, 6) is -0.695. The Hall–Kier alpha value is -2.62. The monoisotopic (exact) mass is 325 g/mol. The third-order valence-corrected chi connectivity index (χ3v) is 3.79. The van der Waals surface area contributed by atoms with E-state index in [2.05, 4.69) is 5.32 Å². The number of hydrogen-bond donors (Lipinski definition) is 1. The van der Waals surface area contributed by atoms with Gasteiger partial charge >= 0.3 is 5.97 Å². The van der Waals surface area contributed by atoms with Gasteiger partial charge in [0.15, 0.2) is 6.10 Å². The molecular formula is C20H23NO3. The van der Waals surface area contributed by atoms with Crippen LogP contribution in [0, 0.1) is 13.8 Å². The van der Waals surface area contributed by atoms with Gasteiger partial charge in [0.05, 0.1) is 0 Å². The minimum Gasteiger partial charge on any atom is -0.453 e. The molecule has 0 aliphatic heterocycles. The summed E-state index contributed by atoms with van der Waals surface area (Å²) in [6.45, 7) is 5.47. The predicted molar refractivity (Wildman–Crippen MR) is 94.9 cm³/mol. The fourth-order valence-corrected chi connectivity index (χ4v) is 2.31. The highest BCUT2D eigenvalue weighted by atomic mass is 16.5. The number of rotatable bonds is 6. The smallest absolute Gasteiger partial charge is 0.306 e. The van der Waals surface area contributed by atoms with E-state index in [0.29, 0.717) is 6.42 Å². The molecule has 4 heteroatoms. The Labute approximate surface area is 142 Å². The van der Waals surface area contributed by atoms with E-state index >= 15 is 0 Å². The zero-order valence-corrected chi connectivity index (χ0v) is 14.3. The van der Waals surface area contributed by atoms with Crippen molar-refractivity contribution < 1.29 is 14.3 Å². The SMILES string of the molecule is Cc1ccc(C)c(NC(=O)[C@@H](C)OC(=O)CCc2ccccc2)c1. The zero-order chi connectivity index (χ0) is 17.5. The predicted octanol–water partition coefficient (Wildman–Crippen LogP) is 3.81. The summed E-state index contributed by atoms with van der Waals surface area (Å²) in [6, 6.07) is 15.5. The largest absolute Gasteiger partial charge is 0.453 e. The summed E-state index contributed by atoms with van der Waals surface area (Å²) in [4.78, 5) is 24.1. The maximum absolute atomic E-state index is 12.2. The number of esters is 1. The van der Waals surface area contributed by atoms with Crippen molar-refractivity contribution in [2.75, 3.05) is 5.32 Å². The van der Waals surface area contributed by atoms with Crippen molar-refractivity contribution in [1.82, 2.24) is 0 Å². The number of aryl methyl sites for hydroxylation is 3. The molecule has 0 aliphatic carbocycles. The Balaban J connectivity index is 1.84. The van der Waals surface area contributed by atoms with Crippen LogP contribution in [0.4, 0.5) is 5.69 Å². The van der Waals surface area contributed by atoms with E-state index in [-0.39, 0.29) is 18.3 Å². The molecule has 126 valence electrons. The summed E-state index contributed by atoms with van der Waals surface area (Å²) in [6.07, 6.45) is 0.0315. The van der Waals surface area contributed by atoms with Gasteiger partial charge in [-0.25, -0.2) is 0 Å². The van der Waals surface area contributed by atoms with Crippen LogP contribution >= 0.6 is 0 Å². The zero-order valence-electron chi connectivity index (χ0n) is 14.3. The molecule has 1 amide bonds. The summed E-state index contributed by atoms with van der Waals surface area (Å²) in [5.41, 5.74) is 3.84. The van der Waals surface area contributed by atoms with E-state index in [0.717, 1.165) is 22.4 Å². The Kier molecular flexibility index (Phi) is 6.13. The Bertz CT molecular complexity index is 710. The normalized spacial score (nSPS) is 11.6. The Morgan fingerprint density at radius 3 is 2.50 bits per heavy atom. The van der Waals surface area contributed by atoms with Crippen LogP contribution in [0.15, 0.2) is 48.5 Å². The van der Waals surface area contributed by atoms with Crippen LogP contribution in [0.1, 0.15) is 30.0 Å². The van der Waals surface area contributed by atoms with Crippen molar-refractivity contribution in [3.05, 3.63) is 65.2 Å². The number of amides is 1. The first-order valence-electron chi connectivity index (χ1n) is 8.07. The maximum Gasteiger partial charge on any atom is 0.306 e. The second kappa shape index (κ2) is 8.29. The molecule has 0 spiro atoms. The molecule has 0 heterocycles. The van der Waals surface area contributed by atoms with E-state index in [4.69, 9.17) is 4.74 Å². The van der Waals surface area contributed by atoms with E-state index in [1.807, 2.05) is 62.4 Å². The number of anilines is 1. The topological polar surface area (TPSA) is 55.4 Å². The molecule has 0 aromatic heterocycles. The van der Waals surface area contributed by atoms with Gasteiger partial charge < -0.3 is 10.1 Å². The highest BCUT2D eigenvalue weighted by molar-refractivity contribution is 5.95. The standard InChI is InChI=1S/C20H23NO3/c1-14-9-10-15(2)18(13-14)21-20(23)16(3)24-19(22)12-11-17-7-5-4-6-8-17/h4-10,13,16H,11-12H2,1-3H3,(H,21,23)/t16-/m1/s1. The van der Waals surface area contributed by atoms with Gasteiger partial charge in [-0.2, -0.15) is 0 Å². The molecule has 0 saturated heterocycles. The lowest BCUT2D eigenvalue weighted by atomic mass is 10.1. The summed E-state index contributed by atoms with van der Waals surface area (Å²) in [5, 5.41) is 2.81. The lowest BCUT2D eigenvalue weighted by Crippen LogP contribution is -2.30. The number of carbonyl (C=O) groups is 2. The third kappa shape index (κ3) is 5.23. The number of hydrogen-bond acceptors (Lipinski definition) is 3. The molecule has 0 bridgehead atoms. The van der Waals surface area contributed by atoms with Gasteiger partial charge in [-0.15, -0.1) is 0 Å². The minimum absolute atomic E-state index is 0.255. The summed E-state index contributed by atoms with van der Waals surface area (Å²) < 4.78 is 5.23. The number of ether oxygens (including phenoxy) is 1. The summed E-state index contributed by atoms with van der Waals surface area (Å²) >= 11 is 0. The van der Waals surface area contributed by atoms with Gasteiger partial charge in [-0.05, 0) is 49.9 Å². The molecule has 1 atom stereocenters. The number of benzene rings is 2. The van der Waals surface area contributed by atoms with Crippen molar-refractivity contribution in [2.45, 2.75) is 39.7 Å². The lowest BCUT2D eigenvalue weighted by molar-refractivity contribution is -0.153. The van der Waals surface area contributed by atoms with Crippen LogP contribution in [0.5, 0.6) is 0 Å². The molecule has 0 fully saturated rings. The first-order chi connectivity index (χ1) is 11.5. The molecule has 2 aromatic rings. The molecule has 0 aliphatic rings. The first-order valence-corrected chi connectivity index (χ1v) is 8.07. The summed E-state index contributed by atoms with van der Waals surface area (Å²) in [7, 11) is 0. The van der Waals surface area contributed by atoms with Crippen molar-refractivity contribution in [3.8, 4) is 0 Å². The second-order valence-corrected chi connectivity index (χ2v) is 5.93. The van der Waals surface area contributed by atoms with E-state index in [1.54, 1.807) is 6.92 Å². The van der Waals surface area contributed by atoms with Crippen molar-refractivity contribution in [1.29, 1.82) is 0 Å². The van der Waals surface area contributed by atoms with Gasteiger partial charge in [0, 0.05) is 12.1 Å². The molecule has 2 aromatic carbocycles. The Morgan fingerprint density at radius 1 is 1.08 bits per heavy atom. The average Bonchev–Trinajstić information content (AvgIpc) is 2.57. The van der Waals surface area contributed by atoms with Crippen LogP contribution < -0.4 is 5.32 Å². The molecule has 0 saturated carbocycles. The van der Waals surface area contributed by atoms with Crippen LogP contribution in [0.3, 0.4) is 0 Å². The quantitative estimate of drug-likeness (QED) is 0.822. The van der Waals surface area contributed by atoms with Crippen molar-refractivity contribution >= 4 is 17.6 Å². The molecule has 4 nitrogen and oxygen atoms in total. The lowest BCUT2D eigenvalue weighted by Gasteiger charge is -2.15. The highest BCUT2D eigenvalue weighted by Crippen LogP contribution is 2.17. The number of carbonyl (C=O) groups excluding carboxylic acids is 2. The first kappa shape index (κ1) is 17.7. The van der Waals surface area contributed by atoms with Gasteiger partial charge in [0.2, 0.25) is 0 Å². The van der Waals surface area contributed by atoms with Crippen LogP contribution in [-0.4, -0.2) is 18.0 Å². The van der Waals surface area contributed by atoms with Crippen molar-refractivity contribution in [2.24, 2.45) is 0 Å². The maximum atomic E-state index is 12.2. The minimum atomic E-state index is -0.826. The third-order valence-electron chi connectivity index (χ3n) is 3.79. The average molecular weight is 325 g/mol. The molecule has 1 N–H and O–H groups in total. The van der Waals surface area contributed by atoms with Crippen LogP contribution in [0.2, 0.25) is 0 Å². The highest BCUT2D eigenvalue weighted by Gasteiger charge is 2.18. The molecule has 0 unspecified atom stereocenters. The van der Waals surface area contributed by atoms with Gasteiger partial charge in [-0.3, -0.25) is 9.59 Å². The van der Waals surface area contributed by atoms with E-state index < -0.39 is 6.10 Å². The van der Waals surface area contributed by atoms with Crippen LogP contribution in [0.25, 0.3) is 0 Å².